The zero-order chi connectivity index (χ0) is 40.7. The van der Waals surface area contributed by atoms with Crippen molar-refractivity contribution in [2.24, 2.45) is 9.98 Å². The van der Waals surface area contributed by atoms with Gasteiger partial charge < -0.3 is 9.13 Å². The number of nitrogens with zero attached hydrogens (tertiary/aromatic N) is 4. The summed E-state index contributed by atoms with van der Waals surface area (Å²) in [5.74, 6) is 0. The second kappa shape index (κ2) is 13.6. The number of benzene rings is 10. The smallest absolute Gasteiger partial charge is 0.0803 e. The molecule has 0 spiro atoms. The van der Waals surface area contributed by atoms with E-state index in [4.69, 9.17) is 9.98 Å². The molecule has 4 nitrogen and oxygen atoms in total. The largest absolute Gasteiger partial charge is 0.309 e. The van der Waals surface area contributed by atoms with Gasteiger partial charge in [0, 0.05) is 55.2 Å². The van der Waals surface area contributed by atoms with Gasteiger partial charge in [0.25, 0.3) is 0 Å². The molecule has 10 aromatic carbocycles. The fraction of sp³-hybridized carbons (Fsp3) is 0. The first-order chi connectivity index (χ1) is 30.7. The van der Waals surface area contributed by atoms with Crippen molar-refractivity contribution in [3.63, 3.8) is 0 Å². The average molecular weight is 789 g/mol. The summed E-state index contributed by atoms with van der Waals surface area (Å²) in [5, 5.41) is 9.33. The second-order valence-corrected chi connectivity index (χ2v) is 16.2. The molecule has 0 saturated carbocycles. The van der Waals surface area contributed by atoms with Gasteiger partial charge in [0.1, 0.15) is 0 Å². The summed E-state index contributed by atoms with van der Waals surface area (Å²) in [5.41, 5.74) is 14.5. The van der Waals surface area contributed by atoms with Gasteiger partial charge in [-0.25, -0.2) is 9.98 Å². The van der Waals surface area contributed by atoms with Crippen molar-refractivity contribution in [2.45, 2.75) is 0 Å². The third-order valence-corrected chi connectivity index (χ3v) is 12.6. The zero-order valence-corrected chi connectivity index (χ0v) is 33.6. The van der Waals surface area contributed by atoms with Crippen LogP contribution in [-0.4, -0.2) is 20.6 Å². The van der Waals surface area contributed by atoms with E-state index in [0.29, 0.717) is 0 Å². The average Bonchev–Trinajstić information content (AvgIpc) is 3.84. The molecule has 0 saturated heterocycles. The molecule has 62 heavy (non-hydrogen) atoms. The van der Waals surface area contributed by atoms with Gasteiger partial charge in [-0.2, -0.15) is 0 Å². The first-order valence-electron chi connectivity index (χ1n) is 21.2. The molecule has 4 heteroatoms. The number of para-hydroxylation sites is 4. The zero-order valence-electron chi connectivity index (χ0n) is 33.6. The molecule has 0 radical (unpaired) electrons. The third kappa shape index (κ3) is 5.33. The topological polar surface area (TPSA) is 34.6 Å². The Morgan fingerprint density at radius 1 is 0.274 bits per heavy atom. The monoisotopic (exact) mass is 788 g/mol. The van der Waals surface area contributed by atoms with Gasteiger partial charge >= 0.3 is 0 Å². The van der Waals surface area contributed by atoms with E-state index in [-0.39, 0.29) is 0 Å². The molecule has 0 unspecified atom stereocenters. The van der Waals surface area contributed by atoms with Crippen molar-refractivity contribution in [1.29, 1.82) is 0 Å². The van der Waals surface area contributed by atoms with E-state index in [1.54, 1.807) is 0 Å². The quantitative estimate of drug-likeness (QED) is 0.170. The minimum Gasteiger partial charge on any atom is -0.309 e. The lowest BCUT2D eigenvalue weighted by Crippen LogP contribution is -2.10. The molecule has 0 aliphatic carbocycles. The number of hydrogen-bond acceptors (Lipinski definition) is 2. The summed E-state index contributed by atoms with van der Waals surface area (Å²) in [6, 6.07) is 78.5. The Hall–Kier alpha value is -8.34. The molecule has 0 atom stereocenters. The van der Waals surface area contributed by atoms with Crippen LogP contribution in [-0.2, 0) is 0 Å². The second-order valence-electron chi connectivity index (χ2n) is 16.2. The van der Waals surface area contributed by atoms with Crippen LogP contribution in [0.4, 0.5) is 11.4 Å². The van der Waals surface area contributed by atoms with Crippen molar-refractivity contribution in [2.75, 3.05) is 0 Å². The highest BCUT2D eigenvalue weighted by atomic mass is 15.0. The summed E-state index contributed by atoms with van der Waals surface area (Å²) in [7, 11) is 0. The summed E-state index contributed by atoms with van der Waals surface area (Å²) in [4.78, 5) is 11.6. The molecule has 13 rings (SSSR count). The van der Waals surface area contributed by atoms with Crippen LogP contribution in [0, 0.1) is 0 Å². The van der Waals surface area contributed by atoms with Gasteiger partial charge in [-0.15, -0.1) is 0 Å². The van der Waals surface area contributed by atoms with Gasteiger partial charge in [-0.05, 0) is 106 Å². The molecule has 12 aromatic rings. The molecule has 0 amide bonds. The lowest BCUT2D eigenvalue weighted by molar-refractivity contribution is 1.18. The lowest BCUT2D eigenvalue weighted by Gasteiger charge is -2.20. The Kier molecular flexibility index (Phi) is 7.57. The standard InChI is InChI=1S/C58H36N4/c1-3-19-43(20-4-1)61-53-25-13-11-23-45(53)47-33-41(27-29-55(47)61)57-49-31-37-15-7-9-17-39(37)35-51(49)60-58(50-32-38-16-8-10-18-40(38)36-52(50)59-57)42-28-30-56-48(34-42)46-24-12-14-26-54(46)62(56)44-21-5-2-6-22-44/h1-36H/b57-49?,58-50?,59-52?,59-57-,60-51?,60-58-. The molecule has 0 N–H and O–H groups in total. The van der Waals surface area contributed by atoms with E-state index in [9.17, 15) is 0 Å². The number of hydrogen-bond donors (Lipinski definition) is 0. The lowest BCUT2D eigenvalue weighted by atomic mass is 9.92. The van der Waals surface area contributed by atoms with E-state index in [2.05, 4.69) is 228 Å². The molecule has 3 heterocycles. The first-order valence-corrected chi connectivity index (χ1v) is 21.2. The molecular formula is C58H36N4. The summed E-state index contributed by atoms with van der Waals surface area (Å²) in [6.45, 7) is 0. The van der Waals surface area contributed by atoms with Crippen LogP contribution in [0.1, 0.15) is 22.3 Å². The van der Waals surface area contributed by atoms with E-state index in [0.717, 1.165) is 89.0 Å². The molecular weight excluding hydrogens is 753 g/mol. The predicted molar refractivity (Wildman–Crippen MR) is 260 cm³/mol. The normalized spacial score (nSPS) is 14.4. The molecule has 2 aromatic heterocycles. The van der Waals surface area contributed by atoms with Crippen molar-refractivity contribution in [1.82, 2.24) is 9.13 Å². The van der Waals surface area contributed by atoms with Crippen LogP contribution >= 0.6 is 0 Å². The molecule has 0 fully saturated rings. The summed E-state index contributed by atoms with van der Waals surface area (Å²) >= 11 is 0. The van der Waals surface area contributed by atoms with Crippen molar-refractivity contribution in [3.8, 4) is 11.4 Å². The van der Waals surface area contributed by atoms with Gasteiger partial charge in [-0.3, -0.25) is 0 Å². The predicted octanol–water partition coefficient (Wildman–Crippen LogP) is 14.8. The van der Waals surface area contributed by atoms with Crippen molar-refractivity contribution in [3.05, 3.63) is 241 Å². The Morgan fingerprint density at radius 3 is 1.06 bits per heavy atom. The Morgan fingerprint density at radius 2 is 0.629 bits per heavy atom. The van der Waals surface area contributed by atoms with Gasteiger partial charge in [0.05, 0.1) is 44.9 Å². The fourth-order valence-electron chi connectivity index (χ4n) is 9.77. The molecule has 1 aliphatic heterocycles. The highest BCUT2D eigenvalue weighted by Crippen LogP contribution is 2.41. The van der Waals surface area contributed by atoms with E-state index in [1.807, 2.05) is 0 Å². The molecule has 288 valence electrons. The van der Waals surface area contributed by atoms with Crippen LogP contribution in [0.3, 0.4) is 0 Å². The van der Waals surface area contributed by atoms with E-state index < -0.39 is 0 Å². The highest BCUT2D eigenvalue weighted by Gasteiger charge is 2.24. The SMILES string of the molecule is c1ccc(-n2c3ccccc3c3cc(/C4=N/c5cc6ccccc6cc5/C(c5ccc6c(c5)c5ccccc5n6-c5ccccc5)=N\c5cc6ccccc6cc54)ccc32)cc1. The minimum absolute atomic E-state index is 0.884. The number of aliphatic imine (C=N–C) groups is 2. The van der Waals surface area contributed by atoms with E-state index >= 15 is 0 Å². The van der Waals surface area contributed by atoms with Gasteiger partial charge in [0.2, 0.25) is 0 Å². The van der Waals surface area contributed by atoms with Crippen LogP contribution in [0.5, 0.6) is 0 Å². The van der Waals surface area contributed by atoms with Crippen LogP contribution in [0.2, 0.25) is 0 Å². The number of aromatic nitrogens is 2. The minimum atomic E-state index is 0.884. The Balaban J connectivity index is 1.09. The molecule has 0 bridgehead atoms. The van der Waals surface area contributed by atoms with Gasteiger partial charge in [-0.1, -0.05) is 133 Å². The molecule has 1 aliphatic rings. The van der Waals surface area contributed by atoms with Crippen LogP contribution < -0.4 is 0 Å². The van der Waals surface area contributed by atoms with Crippen LogP contribution in [0.25, 0.3) is 76.5 Å². The Labute approximate surface area is 357 Å². The summed E-state index contributed by atoms with van der Waals surface area (Å²) < 4.78 is 4.73. The Bertz CT molecular complexity index is 3590. The third-order valence-electron chi connectivity index (χ3n) is 12.6. The van der Waals surface area contributed by atoms with E-state index in [1.165, 1.54) is 32.6 Å². The van der Waals surface area contributed by atoms with Crippen molar-refractivity contribution < 1.29 is 0 Å². The maximum Gasteiger partial charge on any atom is 0.0803 e. The maximum absolute atomic E-state index is 5.78. The van der Waals surface area contributed by atoms with Crippen LogP contribution in [0.15, 0.2) is 228 Å². The summed E-state index contributed by atoms with van der Waals surface area (Å²) in [6.07, 6.45) is 0. The van der Waals surface area contributed by atoms with Crippen molar-refractivity contribution >= 4 is 88.0 Å². The highest BCUT2D eigenvalue weighted by molar-refractivity contribution is 6.26. The number of fused-ring (bicyclic) bond motifs is 10. The van der Waals surface area contributed by atoms with Gasteiger partial charge in [0.15, 0.2) is 0 Å². The first kappa shape index (κ1) is 34.5. The maximum atomic E-state index is 5.78. The fourth-order valence-corrected chi connectivity index (χ4v) is 9.77. The number of rotatable bonds is 4.